The van der Waals surface area contributed by atoms with Gasteiger partial charge in [0.25, 0.3) is 0 Å². The number of carbonyl (C=O) groups excluding carboxylic acids is 1. The highest BCUT2D eigenvalue weighted by molar-refractivity contribution is 5.70. The number of methoxy groups -OCH3 is 1. The third-order valence-electron chi connectivity index (χ3n) is 2.23. The summed E-state index contributed by atoms with van der Waals surface area (Å²) in [6.45, 7) is 7.08. The van der Waals surface area contributed by atoms with Gasteiger partial charge in [-0.3, -0.25) is 4.79 Å². The van der Waals surface area contributed by atoms with Crippen molar-refractivity contribution in [1.29, 1.82) is 0 Å². The molecule has 4 nitrogen and oxygen atoms in total. The van der Waals surface area contributed by atoms with Crippen molar-refractivity contribution in [3.05, 3.63) is 0 Å². The molecular weight excluding hydrogens is 184 g/mol. The lowest BCUT2D eigenvalue weighted by molar-refractivity contribution is -0.290. The first kappa shape index (κ1) is 11.5. The van der Waals surface area contributed by atoms with E-state index in [1.165, 1.54) is 7.11 Å². The number of esters is 1. The van der Waals surface area contributed by atoms with Gasteiger partial charge in [-0.1, -0.05) is 13.8 Å². The molecule has 0 N–H and O–H groups in total. The van der Waals surface area contributed by atoms with Crippen LogP contribution in [0.5, 0.6) is 0 Å². The summed E-state index contributed by atoms with van der Waals surface area (Å²) in [5.74, 6) is -1.13. The van der Waals surface area contributed by atoms with Crippen molar-refractivity contribution in [3.63, 3.8) is 0 Å². The predicted molar refractivity (Wildman–Crippen MR) is 50.7 cm³/mol. The van der Waals surface area contributed by atoms with E-state index in [4.69, 9.17) is 9.47 Å². The van der Waals surface area contributed by atoms with Crippen molar-refractivity contribution in [3.8, 4) is 0 Å². The normalized spacial score (nSPS) is 24.3. The lowest BCUT2D eigenvalue weighted by Gasteiger charge is -2.40. The summed E-state index contributed by atoms with van der Waals surface area (Å²) < 4.78 is 15.6. The predicted octanol–water partition coefficient (Wildman–Crippen LogP) is 1.34. The van der Waals surface area contributed by atoms with Crippen molar-refractivity contribution in [2.75, 3.05) is 20.3 Å². The van der Waals surface area contributed by atoms with Crippen LogP contribution in [-0.4, -0.2) is 32.1 Å². The van der Waals surface area contributed by atoms with Crippen LogP contribution in [0.1, 0.15) is 27.2 Å². The quantitative estimate of drug-likeness (QED) is 0.634. The van der Waals surface area contributed by atoms with Crippen LogP contribution in [0.25, 0.3) is 0 Å². The van der Waals surface area contributed by atoms with E-state index in [9.17, 15) is 4.79 Å². The van der Waals surface area contributed by atoms with E-state index in [0.29, 0.717) is 13.2 Å². The standard InChI is InChI=1S/C10H18O4/c1-9(2)6-13-10(3,14-7-9)5-8(11)12-4/h5-7H2,1-4H3. The molecular formula is C10H18O4. The summed E-state index contributed by atoms with van der Waals surface area (Å²) in [4.78, 5) is 11.1. The second-order valence-corrected chi connectivity index (χ2v) is 4.63. The lowest BCUT2D eigenvalue weighted by Crippen LogP contribution is -2.46. The van der Waals surface area contributed by atoms with E-state index in [2.05, 4.69) is 18.6 Å². The fraction of sp³-hybridized carbons (Fsp3) is 0.900. The van der Waals surface area contributed by atoms with Crippen LogP contribution in [0.3, 0.4) is 0 Å². The van der Waals surface area contributed by atoms with Crippen LogP contribution in [0.4, 0.5) is 0 Å². The lowest BCUT2D eigenvalue weighted by atomic mass is 9.94. The minimum atomic E-state index is -0.817. The van der Waals surface area contributed by atoms with E-state index < -0.39 is 5.79 Å². The average molecular weight is 202 g/mol. The van der Waals surface area contributed by atoms with E-state index in [1.54, 1.807) is 6.92 Å². The minimum absolute atomic E-state index is 0.0234. The molecule has 0 aromatic carbocycles. The Morgan fingerprint density at radius 1 is 1.29 bits per heavy atom. The molecule has 1 fully saturated rings. The van der Waals surface area contributed by atoms with Crippen LogP contribution in [-0.2, 0) is 19.0 Å². The van der Waals surface area contributed by atoms with Gasteiger partial charge in [0.05, 0.1) is 26.7 Å². The smallest absolute Gasteiger partial charge is 0.310 e. The first-order valence-electron chi connectivity index (χ1n) is 4.72. The van der Waals surface area contributed by atoms with Crippen molar-refractivity contribution < 1.29 is 19.0 Å². The van der Waals surface area contributed by atoms with Crippen molar-refractivity contribution in [2.24, 2.45) is 5.41 Å². The molecule has 0 atom stereocenters. The number of rotatable bonds is 2. The maximum absolute atomic E-state index is 11.1. The Kier molecular flexibility index (Phi) is 3.17. The van der Waals surface area contributed by atoms with Gasteiger partial charge in [0.15, 0.2) is 5.79 Å². The summed E-state index contributed by atoms with van der Waals surface area (Å²) in [5.41, 5.74) is 0.0234. The molecule has 82 valence electrons. The Hall–Kier alpha value is -0.610. The zero-order valence-corrected chi connectivity index (χ0v) is 9.25. The summed E-state index contributed by atoms with van der Waals surface area (Å²) >= 11 is 0. The van der Waals surface area contributed by atoms with E-state index in [1.807, 2.05) is 0 Å². The van der Waals surface area contributed by atoms with Gasteiger partial charge in [-0.05, 0) is 6.92 Å². The van der Waals surface area contributed by atoms with E-state index >= 15 is 0 Å². The fourth-order valence-electron chi connectivity index (χ4n) is 1.22. The van der Waals surface area contributed by atoms with Gasteiger partial charge in [0.2, 0.25) is 0 Å². The summed E-state index contributed by atoms with van der Waals surface area (Å²) in [7, 11) is 1.36. The average Bonchev–Trinajstić information content (AvgIpc) is 2.11. The molecule has 1 rings (SSSR count). The molecule has 0 aromatic heterocycles. The first-order chi connectivity index (χ1) is 6.37. The van der Waals surface area contributed by atoms with Gasteiger partial charge in [-0.2, -0.15) is 0 Å². The number of hydrogen-bond acceptors (Lipinski definition) is 4. The highest BCUT2D eigenvalue weighted by Gasteiger charge is 2.38. The summed E-state index contributed by atoms with van der Waals surface area (Å²) in [6.07, 6.45) is 0.138. The number of hydrogen-bond donors (Lipinski definition) is 0. The molecule has 0 saturated carbocycles. The Labute approximate surface area is 84.5 Å². The van der Waals surface area contributed by atoms with Crippen molar-refractivity contribution in [1.82, 2.24) is 0 Å². The highest BCUT2D eigenvalue weighted by atomic mass is 16.7. The molecule has 1 saturated heterocycles. The SMILES string of the molecule is COC(=O)CC1(C)OCC(C)(C)CO1. The second kappa shape index (κ2) is 3.87. The Morgan fingerprint density at radius 3 is 2.21 bits per heavy atom. The molecule has 1 aliphatic heterocycles. The van der Waals surface area contributed by atoms with Gasteiger partial charge >= 0.3 is 5.97 Å². The van der Waals surface area contributed by atoms with Crippen LogP contribution >= 0.6 is 0 Å². The Bertz CT molecular complexity index is 212. The van der Waals surface area contributed by atoms with Crippen molar-refractivity contribution in [2.45, 2.75) is 33.0 Å². The molecule has 1 aliphatic rings. The number of ether oxygens (including phenoxy) is 3. The molecule has 1 heterocycles. The number of carbonyl (C=O) groups is 1. The molecule has 0 radical (unpaired) electrons. The zero-order valence-electron chi connectivity index (χ0n) is 9.25. The highest BCUT2D eigenvalue weighted by Crippen LogP contribution is 2.31. The first-order valence-corrected chi connectivity index (χ1v) is 4.72. The van der Waals surface area contributed by atoms with Crippen LogP contribution in [0.15, 0.2) is 0 Å². The fourth-order valence-corrected chi connectivity index (χ4v) is 1.22. The maximum Gasteiger partial charge on any atom is 0.310 e. The zero-order chi connectivity index (χ0) is 10.8. The van der Waals surface area contributed by atoms with E-state index in [-0.39, 0.29) is 17.8 Å². The van der Waals surface area contributed by atoms with E-state index in [0.717, 1.165) is 0 Å². The molecule has 0 amide bonds. The monoisotopic (exact) mass is 202 g/mol. The minimum Gasteiger partial charge on any atom is -0.469 e. The van der Waals surface area contributed by atoms with Gasteiger partial charge in [0, 0.05) is 5.41 Å². The molecule has 0 unspecified atom stereocenters. The van der Waals surface area contributed by atoms with Crippen LogP contribution in [0, 0.1) is 5.41 Å². The second-order valence-electron chi connectivity index (χ2n) is 4.63. The molecule has 0 aromatic rings. The molecule has 4 heteroatoms. The van der Waals surface area contributed by atoms with Crippen LogP contribution < -0.4 is 0 Å². The van der Waals surface area contributed by atoms with Gasteiger partial charge < -0.3 is 14.2 Å². The van der Waals surface area contributed by atoms with Gasteiger partial charge in [-0.25, -0.2) is 0 Å². The Balaban J connectivity index is 2.49. The summed E-state index contributed by atoms with van der Waals surface area (Å²) in [6, 6.07) is 0. The van der Waals surface area contributed by atoms with Crippen LogP contribution in [0.2, 0.25) is 0 Å². The molecule has 0 aliphatic carbocycles. The topological polar surface area (TPSA) is 44.8 Å². The maximum atomic E-state index is 11.1. The van der Waals surface area contributed by atoms with Crippen molar-refractivity contribution >= 4 is 5.97 Å². The van der Waals surface area contributed by atoms with Gasteiger partial charge in [-0.15, -0.1) is 0 Å². The largest absolute Gasteiger partial charge is 0.469 e. The third kappa shape index (κ3) is 2.96. The van der Waals surface area contributed by atoms with Gasteiger partial charge in [0.1, 0.15) is 0 Å². The Morgan fingerprint density at radius 2 is 1.79 bits per heavy atom. The summed E-state index contributed by atoms with van der Waals surface area (Å²) in [5, 5.41) is 0. The molecule has 14 heavy (non-hydrogen) atoms. The third-order valence-corrected chi connectivity index (χ3v) is 2.23. The molecule has 0 spiro atoms. The molecule has 0 bridgehead atoms.